The molecule has 7 nitrogen and oxygen atoms in total. The van der Waals surface area contributed by atoms with Crippen molar-refractivity contribution in [1.29, 1.82) is 0 Å². The van der Waals surface area contributed by atoms with Crippen molar-refractivity contribution in [3.05, 3.63) is 65.2 Å². The Hall–Kier alpha value is -3.61. The summed E-state index contributed by atoms with van der Waals surface area (Å²) in [5, 5.41) is 2.78. The fraction of sp³-hybridized carbons (Fsp3) is 0.261. The van der Waals surface area contributed by atoms with Gasteiger partial charge in [-0.3, -0.25) is 9.59 Å². The Balaban J connectivity index is 2.14. The van der Waals surface area contributed by atoms with Gasteiger partial charge in [0.15, 0.2) is 11.5 Å². The second-order valence-electron chi connectivity index (χ2n) is 6.61. The zero-order valence-corrected chi connectivity index (χ0v) is 17.4. The summed E-state index contributed by atoms with van der Waals surface area (Å²) >= 11 is 0. The molecule has 158 valence electrons. The summed E-state index contributed by atoms with van der Waals surface area (Å²) in [5.74, 6) is -0.673. The molecule has 0 aliphatic rings. The lowest BCUT2D eigenvalue weighted by Crippen LogP contribution is -2.29. The van der Waals surface area contributed by atoms with E-state index in [1.54, 1.807) is 24.3 Å². The summed E-state index contributed by atoms with van der Waals surface area (Å²) < 4.78 is 15.3. The van der Waals surface area contributed by atoms with Gasteiger partial charge in [-0.1, -0.05) is 35.9 Å². The number of benzene rings is 2. The Labute approximate surface area is 175 Å². The number of esters is 2. The highest BCUT2D eigenvalue weighted by molar-refractivity contribution is 5.87. The Morgan fingerprint density at radius 2 is 1.73 bits per heavy atom. The van der Waals surface area contributed by atoms with Crippen LogP contribution in [0.3, 0.4) is 0 Å². The molecule has 7 heteroatoms. The van der Waals surface area contributed by atoms with Crippen molar-refractivity contribution in [2.45, 2.75) is 26.3 Å². The van der Waals surface area contributed by atoms with E-state index in [1.807, 2.05) is 31.2 Å². The predicted molar refractivity (Wildman–Crippen MR) is 112 cm³/mol. The van der Waals surface area contributed by atoms with Crippen molar-refractivity contribution in [3.8, 4) is 11.5 Å². The second-order valence-corrected chi connectivity index (χ2v) is 6.61. The first-order chi connectivity index (χ1) is 14.3. The lowest BCUT2D eigenvalue weighted by atomic mass is 10.0. The zero-order valence-electron chi connectivity index (χ0n) is 17.4. The topological polar surface area (TPSA) is 90.9 Å². The van der Waals surface area contributed by atoms with Gasteiger partial charge in [0.05, 0.1) is 26.7 Å². The predicted octanol–water partition coefficient (Wildman–Crippen LogP) is 3.36. The first kappa shape index (κ1) is 22.7. The van der Waals surface area contributed by atoms with Gasteiger partial charge in [0.25, 0.3) is 0 Å². The van der Waals surface area contributed by atoms with Crippen molar-refractivity contribution < 1.29 is 28.6 Å². The monoisotopic (exact) mass is 411 g/mol. The summed E-state index contributed by atoms with van der Waals surface area (Å²) in [6.07, 6.45) is 2.79. The van der Waals surface area contributed by atoms with Crippen LogP contribution in [0.1, 0.15) is 36.1 Å². The van der Waals surface area contributed by atoms with Gasteiger partial charge in [0.2, 0.25) is 5.91 Å². The molecule has 2 rings (SSSR count). The van der Waals surface area contributed by atoms with Crippen molar-refractivity contribution in [2.75, 3.05) is 14.2 Å². The molecule has 0 aromatic heterocycles. The van der Waals surface area contributed by atoms with Gasteiger partial charge in [-0.2, -0.15) is 0 Å². The molecule has 2 aromatic rings. The molecule has 0 fully saturated rings. The van der Waals surface area contributed by atoms with E-state index in [-0.39, 0.29) is 18.1 Å². The van der Waals surface area contributed by atoms with E-state index >= 15 is 0 Å². The van der Waals surface area contributed by atoms with E-state index in [0.717, 1.165) is 11.1 Å². The van der Waals surface area contributed by atoms with Gasteiger partial charge < -0.3 is 19.5 Å². The van der Waals surface area contributed by atoms with E-state index in [9.17, 15) is 14.4 Å². The Kier molecular flexibility index (Phi) is 8.17. The molecular formula is C23H25NO6. The SMILES string of the molecule is COC(=O)/C=C\c1ccc(OC(=O)C[C@@H](NC(C)=O)c2ccc(C)cc2)c(OC)c1. The van der Waals surface area contributed by atoms with Gasteiger partial charge in [0, 0.05) is 13.0 Å². The molecule has 1 N–H and O–H groups in total. The number of amides is 1. The Bertz CT molecular complexity index is 933. The minimum absolute atomic E-state index is 0.0458. The lowest BCUT2D eigenvalue weighted by Gasteiger charge is -2.18. The summed E-state index contributed by atoms with van der Waals surface area (Å²) in [6, 6.07) is 11.9. The molecule has 0 aliphatic carbocycles. The van der Waals surface area contributed by atoms with Gasteiger partial charge in [-0.25, -0.2) is 4.79 Å². The van der Waals surface area contributed by atoms with E-state index in [4.69, 9.17) is 9.47 Å². The van der Waals surface area contributed by atoms with Crippen LogP contribution in [-0.2, 0) is 19.1 Å². The quantitative estimate of drug-likeness (QED) is 0.407. The smallest absolute Gasteiger partial charge is 0.330 e. The fourth-order valence-corrected chi connectivity index (χ4v) is 2.73. The summed E-state index contributed by atoms with van der Waals surface area (Å²) in [5.41, 5.74) is 2.56. The molecule has 1 amide bonds. The van der Waals surface area contributed by atoms with Crippen LogP contribution in [0.15, 0.2) is 48.5 Å². The van der Waals surface area contributed by atoms with Crippen LogP contribution in [0.4, 0.5) is 0 Å². The van der Waals surface area contributed by atoms with Crippen molar-refractivity contribution in [3.63, 3.8) is 0 Å². The normalized spacial score (nSPS) is 11.6. The van der Waals surface area contributed by atoms with Crippen LogP contribution in [0.25, 0.3) is 6.08 Å². The maximum Gasteiger partial charge on any atom is 0.330 e. The fourth-order valence-electron chi connectivity index (χ4n) is 2.73. The second kappa shape index (κ2) is 10.8. The van der Waals surface area contributed by atoms with Crippen LogP contribution in [0.5, 0.6) is 11.5 Å². The molecular weight excluding hydrogens is 386 g/mol. The number of rotatable bonds is 8. The average molecular weight is 411 g/mol. The number of hydrogen-bond donors (Lipinski definition) is 1. The molecule has 0 unspecified atom stereocenters. The van der Waals surface area contributed by atoms with Gasteiger partial charge in [-0.15, -0.1) is 0 Å². The highest BCUT2D eigenvalue weighted by Gasteiger charge is 2.20. The first-order valence-corrected chi connectivity index (χ1v) is 9.30. The van der Waals surface area contributed by atoms with E-state index < -0.39 is 18.0 Å². The molecule has 1 atom stereocenters. The third-order valence-corrected chi connectivity index (χ3v) is 4.25. The lowest BCUT2D eigenvalue weighted by molar-refractivity contribution is -0.136. The molecule has 2 aromatic carbocycles. The number of carbonyl (C=O) groups excluding carboxylic acids is 3. The van der Waals surface area contributed by atoms with Crippen LogP contribution in [0, 0.1) is 6.92 Å². The number of carbonyl (C=O) groups is 3. The Morgan fingerprint density at radius 3 is 2.33 bits per heavy atom. The van der Waals surface area contributed by atoms with Crippen LogP contribution in [0.2, 0.25) is 0 Å². The van der Waals surface area contributed by atoms with E-state index in [2.05, 4.69) is 10.1 Å². The van der Waals surface area contributed by atoms with E-state index in [1.165, 1.54) is 27.2 Å². The van der Waals surface area contributed by atoms with Gasteiger partial charge in [0.1, 0.15) is 0 Å². The molecule has 30 heavy (non-hydrogen) atoms. The van der Waals surface area contributed by atoms with Gasteiger partial charge >= 0.3 is 11.9 Å². The number of methoxy groups -OCH3 is 2. The number of ether oxygens (including phenoxy) is 3. The third-order valence-electron chi connectivity index (χ3n) is 4.25. The number of nitrogens with one attached hydrogen (secondary N) is 1. The number of aryl methyl sites for hydroxylation is 1. The minimum Gasteiger partial charge on any atom is -0.493 e. The van der Waals surface area contributed by atoms with Crippen LogP contribution < -0.4 is 14.8 Å². The summed E-state index contributed by atoms with van der Waals surface area (Å²) in [4.78, 5) is 35.4. The van der Waals surface area contributed by atoms with Crippen molar-refractivity contribution >= 4 is 23.9 Å². The molecule has 0 heterocycles. The van der Waals surface area contributed by atoms with Crippen molar-refractivity contribution in [1.82, 2.24) is 5.32 Å². The van der Waals surface area contributed by atoms with Crippen LogP contribution >= 0.6 is 0 Å². The van der Waals surface area contributed by atoms with Gasteiger partial charge in [-0.05, 0) is 36.3 Å². The maximum absolute atomic E-state index is 12.5. The zero-order chi connectivity index (χ0) is 22.1. The number of hydrogen-bond acceptors (Lipinski definition) is 6. The molecule has 0 radical (unpaired) electrons. The average Bonchev–Trinajstić information content (AvgIpc) is 2.72. The Morgan fingerprint density at radius 1 is 1.03 bits per heavy atom. The third kappa shape index (κ3) is 6.77. The summed E-state index contributed by atoms with van der Waals surface area (Å²) in [6.45, 7) is 3.36. The molecule has 0 spiro atoms. The largest absolute Gasteiger partial charge is 0.493 e. The minimum atomic E-state index is -0.523. The highest BCUT2D eigenvalue weighted by atomic mass is 16.6. The highest BCUT2D eigenvalue weighted by Crippen LogP contribution is 2.29. The molecule has 0 bridgehead atoms. The summed E-state index contributed by atoms with van der Waals surface area (Å²) in [7, 11) is 2.74. The standard InChI is InChI=1S/C23H25NO6/c1-15-5-9-18(10-6-15)19(24-16(2)25)14-23(27)30-20-11-7-17(13-21(20)28-3)8-12-22(26)29-4/h5-13,19H,14H2,1-4H3,(H,24,25)/b12-8-/t19-/m1/s1. The molecule has 0 saturated heterocycles. The van der Waals surface area contributed by atoms with E-state index in [0.29, 0.717) is 11.3 Å². The molecule has 0 saturated carbocycles. The van der Waals surface area contributed by atoms with Crippen molar-refractivity contribution in [2.24, 2.45) is 0 Å². The molecule has 0 aliphatic heterocycles. The van der Waals surface area contributed by atoms with Crippen LogP contribution in [-0.4, -0.2) is 32.1 Å². The maximum atomic E-state index is 12.5. The first-order valence-electron chi connectivity index (χ1n) is 9.30.